The average Bonchev–Trinajstić information content (AvgIpc) is 3.38. The lowest BCUT2D eigenvalue weighted by molar-refractivity contribution is -0.198. The van der Waals surface area contributed by atoms with Gasteiger partial charge in [0, 0.05) is 17.2 Å². The van der Waals surface area contributed by atoms with Crippen LogP contribution in [0.3, 0.4) is 0 Å². The van der Waals surface area contributed by atoms with Crippen molar-refractivity contribution >= 4 is 5.97 Å². The number of nitrogens with two attached hydrogens (primary N) is 1. The first-order chi connectivity index (χ1) is 16.7. The maximum Gasteiger partial charge on any atom is 0.429 e. The summed E-state index contributed by atoms with van der Waals surface area (Å²) in [7, 11) is 0. The summed E-state index contributed by atoms with van der Waals surface area (Å²) in [5, 5.41) is 16.4. The standard InChI is InChI=1S/C23H19F3N6O3/c24-23(25,26)21(16-5-7-17(8-6-16)32-10-9-30-31-32)35-20-12-19(28-13-29-20)15-3-1-14(2-4-15)11-18(27)22(33)34/h1-10,12-13,18,21H,11,27H2,(H,33,34)/t18-,21?/m0/s1. The van der Waals surface area contributed by atoms with E-state index in [4.69, 9.17) is 15.6 Å². The Bertz CT molecular complexity index is 1280. The SMILES string of the molecule is N[C@@H](Cc1ccc(-c2cc(OC(c3ccc(-n4ccnn4)cc3)C(F)(F)F)ncn2)cc1)C(=O)O. The van der Waals surface area contributed by atoms with E-state index >= 15 is 0 Å². The molecule has 9 nitrogen and oxygen atoms in total. The van der Waals surface area contributed by atoms with Crippen LogP contribution < -0.4 is 10.5 Å². The Morgan fingerprint density at radius 2 is 1.80 bits per heavy atom. The van der Waals surface area contributed by atoms with Crippen LogP contribution in [0.25, 0.3) is 16.9 Å². The summed E-state index contributed by atoms with van der Waals surface area (Å²) in [5.41, 5.74) is 7.60. The first-order valence-corrected chi connectivity index (χ1v) is 10.3. The molecule has 35 heavy (non-hydrogen) atoms. The van der Waals surface area contributed by atoms with E-state index in [-0.39, 0.29) is 17.9 Å². The van der Waals surface area contributed by atoms with Crippen LogP contribution in [-0.2, 0) is 11.2 Å². The molecule has 4 aromatic rings. The lowest BCUT2D eigenvalue weighted by atomic mass is 10.0. The number of alkyl halides is 3. The molecule has 0 aliphatic heterocycles. The Hall–Kier alpha value is -4.32. The van der Waals surface area contributed by atoms with Crippen LogP contribution in [0.15, 0.2) is 73.3 Å². The quantitative estimate of drug-likeness (QED) is 0.390. The Kier molecular flexibility index (Phi) is 6.73. The van der Waals surface area contributed by atoms with Crippen molar-refractivity contribution in [2.45, 2.75) is 24.7 Å². The molecule has 0 aliphatic rings. The Balaban J connectivity index is 1.54. The van der Waals surface area contributed by atoms with Crippen molar-refractivity contribution in [3.05, 3.63) is 84.4 Å². The van der Waals surface area contributed by atoms with Crippen molar-refractivity contribution < 1.29 is 27.8 Å². The van der Waals surface area contributed by atoms with E-state index < -0.39 is 24.3 Å². The molecule has 0 aliphatic carbocycles. The number of aromatic nitrogens is 5. The molecule has 0 fully saturated rings. The van der Waals surface area contributed by atoms with Crippen molar-refractivity contribution in [1.29, 1.82) is 0 Å². The van der Waals surface area contributed by atoms with Gasteiger partial charge in [0.2, 0.25) is 12.0 Å². The highest BCUT2D eigenvalue weighted by Crippen LogP contribution is 2.37. The summed E-state index contributed by atoms with van der Waals surface area (Å²) in [4.78, 5) is 18.9. The van der Waals surface area contributed by atoms with Gasteiger partial charge in [0.1, 0.15) is 12.4 Å². The van der Waals surface area contributed by atoms with E-state index in [0.29, 0.717) is 22.5 Å². The monoisotopic (exact) mass is 484 g/mol. The maximum absolute atomic E-state index is 13.8. The Morgan fingerprint density at radius 1 is 1.09 bits per heavy atom. The zero-order valence-electron chi connectivity index (χ0n) is 18.0. The molecular formula is C23H19F3N6O3. The number of carbonyl (C=O) groups is 1. The highest BCUT2D eigenvalue weighted by molar-refractivity contribution is 5.73. The van der Waals surface area contributed by atoms with Gasteiger partial charge in [-0.1, -0.05) is 41.6 Å². The number of hydrogen-bond donors (Lipinski definition) is 2. The fourth-order valence-corrected chi connectivity index (χ4v) is 3.31. The highest BCUT2D eigenvalue weighted by atomic mass is 19.4. The number of aliphatic carboxylic acids is 1. The second-order valence-corrected chi connectivity index (χ2v) is 7.57. The zero-order chi connectivity index (χ0) is 25.0. The number of rotatable bonds is 8. The van der Waals surface area contributed by atoms with E-state index in [0.717, 1.165) is 6.33 Å². The minimum absolute atomic E-state index is 0.111. The van der Waals surface area contributed by atoms with E-state index in [1.165, 1.54) is 41.2 Å². The average molecular weight is 484 g/mol. The normalized spacial score (nSPS) is 13.3. The number of carboxylic acid groups (broad SMARTS) is 1. The summed E-state index contributed by atoms with van der Waals surface area (Å²) in [6.45, 7) is 0. The number of benzene rings is 2. The van der Waals surface area contributed by atoms with Gasteiger partial charge in [-0.3, -0.25) is 4.79 Å². The van der Waals surface area contributed by atoms with Gasteiger partial charge in [-0.25, -0.2) is 14.6 Å². The molecule has 180 valence electrons. The minimum Gasteiger partial charge on any atom is -0.480 e. The molecule has 2 aromatic heterocycles. The van der Waals surface area contributed by atoms with Crippen LogP contribution in [0.2, 0.25) is 0 Å². The highest BCUT2D eigenvalue weighted by Gasteiger charge is 2.43. The lowest BCUT2D eigenvalue weighted by Crippen LogP contribution is -2.32. The molecule has 0 saturated carbocycles. The van der Waals surface area contributed by atoms with Crippen molar-refractivity contribution in [2.24, 2.45) is 5.73 Å². The Labute approximate surface area is 197 Å². The molecule has 0 bridgehead atoms. The molecule has 2 atom stereocenters. The molecule has 0 radical (unpaired) electrons. The summed E-state index contributed by atoms with van der Waals surface area (Å²) < 4.78 is 48.2. The zero-order valence-corrected chi connectivity index (χ0v) is 18.0. The van der Waals surface area contributed by atoms with Crippen LogP contribution in [0.5, 0.6) is 5.88 Å². The number of nitrogens with zero attached hydrogens (tertiary/aromatic N) is 5. The lowest BCUT2D eigenvalue weighted by Gasteiger charge is -2.22. The summed E-state index contributed by atoms with van der Waals surface area (Å²) in [6, 6.07) is 12.5. The second-order valence-electron chi connectivity index (χ2n) is 7.57. The molecule has 0 spiro atoms. The minimum atomic E-state index is -4.70. The van der Waals surface area contributed by atoms with Gasteiger partial charge >= 0.3 is 12.1 Å². The van der Waals surface area contributed by atoms with Crippen molar-refractivity contribution in [1.82, 2.24) is 25.0 Å². The molecule has 3 N–H and O–H groups in total. The second kappa shape index (κ2) is 9.89. The number of carboxylic acids is 1. The summed E-state index contributed by atoms with van der Waals surface area (Å²) >= 11 is 0. The summed E-state index contributed by atoms with van der Waals surface area (Å²) in [5.74, 6) is -1.37. The van der Waals surface area contributed by atoms with Gasteiger partial charge in [-0.2, -0.15) is 13.2 Å². The molecule has 0 saturated heterocycles. The van der Waals surface area contributed by atoms with E-state index in [1.54, 1.807) is 30.5 Å². The maximum atomic E-state index is 13.8. The van der Waals surface area contributed by atoms with E-state index in [2.05, 4.69) is 20.3 Å². The van der Waals surface area contributed by atoms with Crippen molar-refractivity contribution in [2.75, 3.05) is 0 Å². The first-order valence-electron chi connectivity index (χ1n) is 10.3. The van der Waals surface area contributed by atoms with Gasteiger partial charge in [0.05, 0.1) is 23.8 Å². The summed E-state index contributed by atoms with van der Waals surface area (Å²) in [6.07, 6.45) is -2.68. The first kappa shape index (κ1) is 23.8. The topological polar surface area (TPSA) is 129 Å². The largest absolute Gasteiger partial charge is 0.480 e. The van der Waals surface area contributed by atoms with Crippen molar-refractivity contribution in [3.8, 4) is 22.8 Å². The van der Waals surface area contributed by atoms with Crippen LogP contribution in [-0.4, -0.2) is 48.3 Å². The van der Waals surface area contributed by atoms with Crippen molar-refractivity contribution in [3.63, 3.8) is 0 Å². The van der Waals surface area contributed by atoms with E-state index in [1.807, 2.05) is 0 Å². The van der Waals surface area contributed by atoms with Gasteiger partial charge in [-0.05, 0) is 24.1 Å². The van der Waals surface area contributed by atoms with Gasteiger partial charge in [0.15, 0.2) is 0 Å². The third kappa shape index (κ3) is 5.79. The third-order valence-electron chi connectivity index (χ3n) is 5.08. The van der Waals surface area contributed by atoms with Gasteiger partial charge in [0.25, 0.3) is 0 Å². The smallest absolute Gasteiger partial charge is 0.429 e. The molecule has 2 aromatic carbocycles. The molecule has 1 unspecified atom stereocenters. The van der Waals surface area contributed by atoms with Crippen LogP contribution in [0.4, 0.5) is 13.2 Å². The predicted octanol–water partition coefficient (Wildman–Crippen LogP) is 3.36. The molecule has 2 heterocycles. The molecule has 4 rings (SSSR count). The van der Waals surface area contributed by atoms with Crippen LogP contribution in [0.1, 0.15) is 17.2 Å². The molecule has 0 amide bonds. The van der Waals surface area contributed by atoms with Gasteiger partial charge in [-0.15, -0.1) is 5.10 Å². The molecule has 12 heteroatoms. The number of halogens is 3. The third-order valence-corrected chi connectivity index (χ3v) is 5.08. The molecular weight excluding hydrogens is 465 g/mol. The Morgan fingerprint density at radius 3 is 2.40 bits per heavy atom. The van der Waals surface area contributed by atoms with Crippen LogP contribution in [0, 0.1) is 0 Å². The number of hydrogen-bond acceptors (Lipinski definition) is 7. The fraction of sp³-hybridized carbons (Fsp3) is 0.174. The fourth-order valence-electron chi connectivity index (χ4n) is 3.31. The predicted molar refractivity (Wildman–Crippen MR) is 118 cm³/mol. The number of ether oxygens (including phenoxy) is 1. The van der Waals surface area contributed by atoms with Gasteiger partial charge < -0.3 is 15.6 Å². The van der Waals surface area contributed by atoms with Crippen LogP contribution >= 0.6 is 0 Å². The van der Waals surface area contributed by atoms with E-state index in [9.17, 15) is 18.0 Å².